The summed E-state index contributed by atoms with van der Waals surface area (Å²) in [6.45, 7) is -2.71. The van der Waals surface area contributed by atoms with Crippen LogP contribution in [0.4, 0.5) is 8.78 Å². The molecule has 0 bridgehead atoms. The Hall–Kier alpha value is -1.54. The maximum Gasteiger partial charge on any atom is 0.345 e. The van der Waals surface area contributed by atoms with Crippen LogP contribution in [0.5, 0.6) is 0 Å². The molecular weight excluding hydrogens is 408 g/mol. The number of hydrogen-bond donors (Lipinski definition) is 1. The van der Waals surface area contributed by atoms with Gasteiger partial charge in [-0.1, -0.05) is 22.0 Å². The van der Waals surface area contributed by atoms with E-state index in [0.29, 0.717) is 18.8 Å². The number of alkyl halides is 2. The number of ether oxygens (including phenoxy) is 1. The smallest absolute Gasteiger partial charge is 0.345 e. The van der Waals surface area contributed by atoms with Gasteiger partial charge in [-0.25, -0.2) is 4.99 Å². The SMILES string of the molecule is CN1C(=O)C(c2cc(Br)ccc2C[C@H]2CC[C@@H](OC(F)F)CC2)N=C1N. The van der Waals surface area contributed by atoms with Gasteiger partial charge in [-0.15, -0.1) is 0 Å². The Morgan fingerprint density at radius 3 is 2.62 bits per heavy atom. The summed E-state index contributed by atoms with van der Waals surface area (Å²) in [5.41, 5.74) is 7.69. The lowest BCUT2D eigenvalue weighted by Crippen LogP contribution is -2.34. The minimum Gasteiger partial charge on any atom is -0.369 e. The molecule has 142 valence electrons. The molecule has 0 radical (unpaired) electrons. The first-order valence-electron chi connectivity index (χ1n) is 8.68. The predicted molar refractivity (Wildman–Crippen MR) is 97.8 cm³/mol. The third-order valence-electron chi connectivity index (χ3n) is 5.17. The zero-order valence-electron chi connectivity index (χ0n) is 14.5. The number of nitrogens with two attached hydrogens (primary N) is 1. The van der Waals surface area contributed by atoms with Gasteiger partial charge in [-0.2, -0.15) is 8.78 Å². The zero-order chi connectivity index (χ0) is 18.8. The lowest BCUT2D eigenvalue weighted by Gasteiger charge is -2.29. The van der Waals surface area contributed by atoms with E-state index in [0.717, 1.165) is 34.9 Å². The Kier molecular flexibility index (Phi) is 5.92. The molecule has 1 unspecified atom stereocenters. The lowest BCUT2D eigenvalue weighted by atomic mass is 9.82. The van der Waals surface area contributed by atoms with Gasteiger partial charge in [-0.3, -0.25) is 9.69 Å². The molecule has 1 aliphatic heterocycles. The second-order valence-electron chi connectivity index (χ2n) is 6.87. The molecule has 0 spiro atoms. The Morgan fingerprint density at radius 1 is 1.35 bits per heavy atom. The van der Waals surface area contributed by atoms with Crippen LogP contribution in [-0.4, -0.2) is 36.5 Å². The molecule has 2 aliphatic rings. The molecule has 1 amide bonds. The maximum atomic E-state index is 12.4. The number of carbonyl (C=O) groups excluding carboxylic acids is 1. The van der Waals surface area contributed by atoms with E-state index in [4.69, 9.17) is 5.73 Å². The van der Waals surface area contributed by atoms with Crippen molar-refractivity contribution < 1.29 is 18.3 Å². The molecule has 26 heavy (non-hydrogen) atoms. The summed E-state index contributed by atoms with van der Waals surface area (Å²) >= 11 is 3.46. The molecule has 1 fully saturated rings. The van der Waals surface area contributed by atoms with Gasteiger partial charge >= 0.3 is 6.61 Å². The molecule has 8 heteroatoms. The highest BCUT2D eigenvalue weighted by Crippen LogP contribution is 2.35. The normalized spacial score (nSPS) is 26.5. The summed E-state index contributed by atoms with van der Waals surface area (Å²) in [6, 6.07) is 5.24. The molecule has 2 N–H and O–H groups in total. The van der Waals surface area contributed by atoms with Crippen LogP contribution < -0.4 is 5.73 Å². The molecule has 1 saturated carbocycles. The van der Waals surface area contributed by atoms with E-state index in [1.54, 1.807) is 7.05 Å². The number of carbonyl (C=O) groups is 1. The first-order chi connectivity index (χ1) is 12.3. The van der Waals surface area contributed by atoms with Crippen LogP contribution in [0.2, 0.25) is 0 Å². The van der Waals surface area contributed by atoms with Crippen molar-refractivity contribution >= 4 is 27.8 Å². The van der Waals surface area contributed by atoms with Crippen molar-refractivity contribution in [1.82, 2.24) is 4.90 Å². The summed E-state index contributed by atoms with van der Waals surface area (Å²) in [6.07, 6.45) is 3.36. The fourth-order valence-electron chi connectivity index (χ4n) is 3.71. The second kappa shape index (κ2) is 8.00. The van der Waals surface area contributed by atoms with Crippen molar-refractivity contribution in [3.05, 3.63) is 33.8 Å². The van der Waals surface area contributed by atoms with Crippen LogP contribution in [-0.2, 0) is 16.0 Å². The molecule has 5 nitrogen and oxygen atoms in total. The molecule has 3 rings (SSSR count). The van der Waals surface area contributed by atoms with E-state index in [1.807, 2.05) is 18.2 Å². The van der Waals surface area contributed by atoms with Gasteiger partial charge in [0.25, 0.3) is 5.91 Å². The first kappa shape index (κ1) is 19.2. The number of rotatable bonds is 5. The largest absolute Gasteiger partial charge is 0.369 e. The number of likely N-dealkylation sites (N-methyl/N-ethyl adjacent to an activating group) is 1. The van der Waals surface area contributed by atoms with Crippen molar-refractivity contribution in [2.45, 2.75) is 50.9 Å². The molecule has 1 aromatic rings. The Bertz CT molecular complexity index is 706. The molecule has 1 atom stereocenters. The van der Waals surface area contributed by atoms with Gasteiger partial charge in [0.1, 0.15) is 0 Å². The van der Waals surface area contributed by atoms with Crippen LogP contribution in [0.1, 0.15) is 42.9 Å². The minimum absolute atomic E-state index is 0.143. The van der Waals surface area contributed by atoms with E-state index in [2.05, 4.69) is 25.7 Å². The number of aliphatic imine (C=N–C) groups is 1. The molecule has 1 aliphatic carbocycles. The number of halogens is 3. The minimum atomic E-state index is -2.71. The van der Waals surface area contributed by atoms with E-state index in [-0.39, 0.29) is 18.0 Å². The van der Waals surface area contributed by atoms with Crippen LogP contribution >= 0.6 is 15.9 Å². The van der Waals surface area contributed by atoms with Crippen molar-refractivity contribution in [2.24, 2.45) is 16.6 Å². The van der Waals surface area contributed by atoms with E-state index in [9.17, 15) is 13.6 Å². The highest BCUT2D eigenvalue weighted by molar-refractivity contribution is 9.10. The first-order valence-corrected chi connectivity index (χ1v) is 9.47. The Labute approximate surface area is 159 Å². The standard InChI is InChI=1S/C18H22BrF2N3O2/c1-24-16(25)15(23-18(24)22)14-9-12(19)5-4-11(14)8-10-2-6-13(7-3-10)26-17(20)21/h4-5,9-10,13,15,17H,2-3,6-8H2,1H3,(H2,22,23)/t10-,13+,15?. The van der Waals surface area contributed by atoms with E-state index in [1.165, 1.54) is 4.90 Å². The van der Waals surface area contributed by atoms with Crippen LogP contribution in [0, 0.1) is 5.92 Å². The molecule has 1 aromatic carbocycles. The fourth-order valence-corrected chi connectivity index (χ4v) is 4.09. The molecular formula is C18H22BrF2N3O2. The average Bonchev–Trinajstić information content (AvgIpc) is 2.85. The quantitative estimate of drug-likeness (QED) is 0.776. The predicted octanol–water partition coefficient (Wildman–Crippen LogP) is 3.62. The highest BCUT2D eigenvalue weighted by Gasteiger charge is 2.34. The van der Waals surface area contributed by atoms with E-state index < -0.39 is 12.7 Å². The van der Waals surface area contributed by atoms with Gasteiger partial charge in [0.15, 0.2) is 12.0 Å². The highest BCUT2D eigenvalue weighted by atomic mass is 79.9. The van der Waals surface area contributed by atoms with Gasteiger partial charge in [0.05, 0.1) is 6.10 Å². The van der Waals surface area contributed by atoms with Crippen molar-refractivity contribution in [3.63, 3.8) is 0 Å². The zero-order valence-corrected chi connectivity index (χ0v) is 16.1. The molecule has 0 aromatic heterocycles. The number of amides is 1. The number of nitrogens with zero attached hydrogens (tertiary/aromatic N) is 2. The van der Waals surface area contributed by atoms with Gasteiger partial charge < -0.3 is 10.5 Å². The van der Waals surface area contributed by atoms with Crippen LogP contribution in [0.15, 0.2) is 27.7 Å². The summed E-state index contributed by atoms with van der Waals surface area (Å²) in [5, 5.41) is 0. The van der Waals surface area contributed by atoms with Gasteiger partial charge in [0, 0.05) is 11.5 Å². The van der Waals surface area contributed by atoms with Crippen molar-refractivity contribution in [3.8, 4) is 0 Å². The maximum absolute atomic E-state index is 12.4. The van der Waals surface area contributed by atoms with Gasteiger partial charge in [-0.05, 0) is 61.3 Å². The third kappa shape index (κ3) is 4.23. The summed E-state index contributed by atoms with van der Waals surface area (Å²) < 4.78 is 30.2. The van der Waals surface area contributed by atoms with Crippen LogP contribution in [0.25, 0.3) is 0 Å². The Balaban J connectivity index is 1.73. The molecule has 1 heterocycles. The van der Waals surface area contributed by atoms with Gasteiger partial charge in [0.2, 0.25) is 0 Å². The fraction of sp³-hybridized carbons (Fsp3) is 0.556. The lowest BCUT2D eigenvalue weighted by molar-refractivity contribution is -0.171. The van der Waals surface area contributed by atoms with Crippen molar-refractivity contribution in [1.29, 1.82) is 0 Å². The van der Waals surface area contributed by atoms with Crippen LogP contribution in [0.3, 0.4) is 0 Å². The number of hydrogen-bond acceptors (Lipinski definition) is 4. The monoisotopic (exact) mass is 429 g/mol. The van der Waals surface area contributed by atoms with E-state index >= 15 is 0 Å². The summed E-state index contributed by atoms with van der Waals surface area (Å²) in [7, 11) is 1.61. The summed E-state index contributed by atoms with van der Waals surface area (Å²) in [5.74, 6) is 0.453. The van der Waals surface area contributed by atoms with Crippen molar-refractivity contribution in [2.75, 3.05) is 7.05 Å². The topological polar surface area (TPSA) is 67.9 Å². The number of benzene rings is 1. The number of guanidine groups is 1. The Morgan fingerprint density at radius 2 is 2.04 bits per heavy atom. The molecule has 0 saturated heterocycles. The summed E-state index contributed by atoms with van der Waals surface area (Å²) in [4.78, 5) is 18.1. The third-order valence-corrected chi connectivity index (χ3v) is 5.66. The average molecular weight is 430 g/mol. The second-order valence-corrected chi connectivity index (χ2v) is 7.79.